The van der Waals surface area contributed by atoms with Crippen LogP contribution in [0.2, 0.25) is 0 Å². The number of thioether (sulfide) groups is 2. The number of aromatic nitrogens is 4. The highest BCUT2D eigenvalue weighted by atomic mass is 32.2. The molecule has 4 aromatic rings. The number of carbonyl (C=O) groups is 1. The van der Waals surface area contributed by atoms with Crippen LogP contribution in [-0.2, 0) is 22.6 Å². The Hall–Kier alpha value is -2.54. The van der Waals surface area contributed by atoms with Crippen LogP contribution in [-0.4, -0.2) is 56.8 Å². The van der Waals surface area contributed by atoms with Gasteiger partial charge in [0.05, 0.1) is 43.3 Å². The van der Waals surface area contributed by atoms with Crippen molar-refractivity contribution in [1.82, 2.24) is 19.6 Å². The summed E-state index contributed by atoms with van der Waals surface area (Å²) in [6.45, 7) is 7.06. The van der Waals surface area contributed by atoms with Gasteiger partial charge in [0.1, 0.15) is 16.3 Å². The molecule has 1 aliphatic rings. The monoisotopic (exact) mass is 573 g/mol. The highest BCUT2D eigenvalue weighted by Gasteiger charge is 2.33. The highest BCUT2D eigenvalue weighted by molar-refractivity contribution is 8.00. The van der Waals surface area contributed by atoms with E-state index in [1.54, 1.807) is 55.5 Å². The van der Waals surface area contributed by atoms with Crippen LogP contribution in [0.3, 0.4) is 0 Å². The maximum atomic E-state index is 12.9. The predicted molar refractivity (Wildman–Crippen MR) is 153 cm³/mol. The Kier molecular flexibility index (Phi) is 8.03. The molecule has 0 radical (unpaired) electrons. The molecule has 1 aromatic carbocycles. The summed E-state index contributed by atoms with van der Waals surface area (Å²) in [4.78, 5) is 20.1. The number of hydrogen-bond acceptors (Lipinski definition) is 10. The molecule has 0 saturated heterocycles. The van der Waals surface area contributed by atoms with Crippen molar-refractivity contribution in [3.8, 4) is 11.5 Å². The summed E-state index contributed by atoms with van der Waals surface area (Å²) < 4.78 is 18.9. The zero-order valence-electron chi connectivity index (χ0n) is 22.1. The van der Waals surface area contributed by atoms with Gasteiger partial charge in [0, 0.05) is 23.1 Å². The first kappa shape index (κ1) is 27.0. The van der Waals surface area contributed by atoms with E-state index in [-0.39, 0.29) is 17.3 Å². The van der Waals surface area contributed by atoms with Crippen LogP contribution in [0.15, 0.2) is 28.5 Å². The molecule has 38 heavy (non-hydrogen) atoms. The van der Waals surface area contributed by atoms with E-state index in [0.29, 0.717) is 28.9 Å². The molecule has 0 spiro atoms. The Morgan fingerprint density at radius 1 is 1.21 bits per heavy atom. The van der Waals surface area contributed by atoms with E-state index in [0.717, 1.165) is 46.0 Å². The quantitative estimate of drug-likeness (QED) is 0.185. The van der Waals surface area contributed by atoms with Gasteiger partial charge in [-0.25, -0.2) is 9.38 Å². The zero-order chi connectivity index (χ0) is 26.9. The molecule has 1 N–H and O–H groups in total. The first-order valence-corrected chi connectivity index (χ1v) is 15.3. The largest absolute Gasteiger partial charge is 0.497 e. The number of anilines is 1. The Balaban J connectivity index is 1.46. The van der Waals surface area contributed by atoms with Gasteiger partial charge < -0.3 is 19.5 Å². The van der Waals surface area contributed by atoms with Crippen LogP contribution in [0.1, 0.15) is 44.1 Å². The lowest BCUT2D eigenvalue weighted by Crippen LogP contribution is -2.33. The van der Waals surface area contributed by atoms with Gasteiger partial charge in [-0.15, -0.1) is 21.5 Å². The number of fused-ring (bicyclic) bond motifs is 5. The summed E-state index contributed by atoms with van der Waals surface area (Å²) in [6.07, 6.45) is 2.77. The second-order valence-corrected chi connectivity index (χ2v) is 12.3. The first-order chi connectivity index (χ1) is 18.4. The van der Waals surface area contributed by atoms with Crippen LogP contribution in [0.25, 0.3) is 15.9 Å². The predicted octanol–water partition coefficient (Wildman–Crippen LogP) is 5.83. The van der Waals surface area contributed by atoms with Crippen molar-refractivity contribution in [1.29, 1.82) is 0 Å². The molecule has 3 aromatic heterocycles. The molecule has 9 nitrogen and oxygen atoms in total. The van der Waals surface area contributed by atoms with Crippen molar-refractivity contribution in [2.24, 2.45) is 0 Å². The number of benzene rings is 1. The molecule has 5 rings (SSSR count). The SMILES string of the molecule is CCCSc1nc2sc3c(c2c2nnc(SCC(=O)Nc4ccc(OC)cc4OC)n12)C[C@](C)(CC)OC3. The smallest absolute Gasteiger partial charge is 0.234 e. The molecule has 1 aliphatic heterocycles. The molecule has 202 valence electrons. The number of rotatable bonds is 10. The van der Waals surface area contributed by atoms with Crippen LogP contribution in [0.4, 0.5) is 5.69 Å². The molecule has 1 amide bonds. The van der Waals surface area contributed by atoms with Crippen molar-refractivity contribution >= 4 is 62.3 Å². The molecule has 0 aliphatic carbocycles. The number of carbonyl (C=O) groups excluding carboxylic acids is 1. The molecule has 0 fully saturated rings. The van der Waals surface area contributed by atoms with Crippen molar-refractivity contribution < 1.29 is 19.0 Å². The van der Waals surface area contributed by atoms with E-state index >= 15 is 0 Å². The lowest BCUT2D eigenvalue weighted by atomic mass is 9.90. The lowest BCUT2D eigenvalue weighted by Gasteiger charge is -2.33. The van der Waals surface area contributed by atoms with Crippen LogP contribution < -0.4 is 14.8 Å². The summed E-state index contributed by atoms with van der Waals surface area (Å²) in [7, 11) is 3.15. The lowest BCUT2D eigenvalue weighted by molar-refractivity contribution is -0.113. The Morgan fingerprint density at radius 3 is 2.79 bits per heavy atom. The van der Waals surface area contributed by atoms with Gasteiger partial charge >= 0.3 is 0 Å². The van der Waals surface area contributed by atoms with Gasteiger partial charge in [0.25, 0.3) is 0 Å². The van der Waals surface area contributed by atoms with Crippen molar-refractivity contribution in [2.75, 3.05) is 31.0 Å². The van der Waals surface area contributed by atoms with Crippen molar-refractivity contribution in [2.45, 2.75) is 62.6 Å². The number of methoxy groups -OCH3 is 2. The number of thiophene rings is 1. The number of ether oxygens (including phenoxy) is 3. The molecule has 1 atom stereocenters. The Bertz CT molecular complexity index is 1490. The maximum Gasteiger partial charge on any atom is 0.234 e. The number of hydrogen-bond donors (Lipinski definition) is 1. The second kappa shape index (κ2) is 11.3. The third-order valence-electron chi connectivity index (χ3n) is 6.62. The number of amides is 1. The average molecular weight is 574 g/mol. The fourth-order valence-electron chi connectivity index (χ4n) is 4.35. The molecule has 4 heterocycles. The van der Waals surface area contributed by atoms with Gasteiger partial charge in [-0.2, -0.15) is 0 Å². The molecular weight excluding hydrogens is 543 g/mol. The topological polar surface area (TPSA) is 99.9 Å². The Morgan fingerprint density at radius 2 is 2.05 bits per heavy atom. The number of nitrogens with one attached hydrogen (secondary N) is 1. The van der Waals surface area contributed by atoms with Gasteiger partial charge in [0.15, 0.2) is 16.0 Å². The molecular formula is C26H31N5O4S3. The van der Waals surface area contributed by atoms with Gasteiger partial charge in [0.2, 0.25) is 5.91 Å². The molecule has 12 heteroatoms. The minimum atomic E-state index is -0.203. The molecule has 0 unspecified atom stereocenters. The maximum absolute atomic E-state index is 12.9. The van der Waals surface area contributed by atoms with Crippen molar-refractivity contribution in [3.05, 3.63) is 28.6 Å². The third kappa shape index (κ3) is 5.18. The Labute approximate surface area is 234 Å². The van der Waals surface area contributed by atoms with E-state index < -0.39 is 0 Å². The van der Waals surface area contributed by atoms with E-state index in [9.17, 15) is 4.79 Å². The third-order valence-corrected chi connectivity index (χ3v) is 9.79. The molecule has 0 saturated carbocycles. The summed E-state index contributed by atoms with van der Waals surface area (Å²) >= 11 is 4.71. The fourth-order valence-corrected chi connectivity index (χ4v) is 7.14. The molecule has 0 bridgehead atoms. The first-order valence-electron chi connectivity index (χ1n) is 12.5. The van der Waals surface area contributed by atoms with E-state index in [4.69, 9.17) is 19.2 Å². The van der Waals surface area contributed by atoms with E-state index in [1.807, 2.05) is 4.40 Å². The fraction of sp³-hybridized carbons (Fsp3) is 0.462. The summed E-state index contributed by atoms with van der Waals surface area (Å²) in [5.74, 6) is 2.11. The van der Waals surface area contributed by atoms with Gasteiger partial charge in [-0.3, -0.25) is 4.79 Å². The standard InChI is InChI=1S/C26H31N5O4S3/c1-6-10-36-24-28-23-21(16-12-26(3,7-2)35-13-19(16)38-23)22-29-30-25(31(22)24)37-14-20(32)27-17-9-8-15(33-4)11-18(17)34-5/h8-9,11H,6-7,10,12-14H2,1-5H3,(H,27,32)/t26-/m0/s1. The summed E-state index contributed by atoms with van der Waals surface area (Å²) in [5, 5.41) is 14.6. The van der Waals surface area contributed by atoms with Gasteiger partial charge in [-0.1, -0.05) is 37.4 Å². The minimum absolute atomic E-state index is 0.162. The average Bonchev–Trinajstić information content (AvgIpc) is 3.51. The normalized spacial score (nSPS) is 17.1. The van der Waals surface area contributed by atoms with Gasteiger partial charge in [-0.05, 0) is 37.5 Å². The van der Waals surface area contributed by atoms with Crippen LogP contribution in [0, 0.1) is 0 Å². The van der Waals surface area contributed by atoms with E-state index in [1.165, 1.54) is 22.2 Å². The van der Waals surface area contributed by atoms with Crippen LogP contribution in [0.5, 0.6) is 11.5 Å². The summed E-state index contributed by atoms with van der Waals surface area (Å²) in [6, 6.07) is 5.28. The van der Waals surface area contributed by atoms with Crippen LogP contribution >= 0.6 is 34.9 Å². The zero-order valence-corrected chi connectivity index (χ0v) is 24.6. The minimum Gasteiger partial charge on any atom is -0.497 e. The second-order valence-electron chi connectivity index (χ2n) is 9.24. The summed E-state index contributed by atoms with van der Waals surface area (Å²) in [5.41, 5.74) is 2.44. The van der Waals surface area contributed by atoms with Crippen molar-refractivity contribution in [3.63, 3.8) is 0 Å². The highest BCUT2D eigenvalue weighted by Crippen LogP contribution is 2.42. The number of nitrogens with zero attached hydrogens (tertiary/aromatic N) is 4. The van der Waals surface area contributed by atoms with E-state index in [2.05, 4.69) is 36.3 Å².